The number of nitrogens with one attached hydrogen (secondary N) is 1. The molecule has 0 aliphatic carbocycles. The molecule has 0 saturated carbocycles. The van der Waals surface area contributed by atoms with E-state index in [-0.39, 0.29) is 0 Å². The molecule has 3 heteroatoms. The summed E-state index contributed by atoms with van der Waals surface area (Å²) in [5, 5.41) is 12.4. The van der Waals surface area contributed by atoms with Gasteiger partial charge in [-0.05, 0) is 25.0 Å². The summed E-state index contributed by atoms with van der Waals surface area (Å²) in [5.41, 5.74) is 2.76. The number of benzene rings is 1. The first-order valence-electron chi connectivity index (χ1n) is 6.41. The van der Waals surface area contributed by atoms with Crippen LogP contribution < -0.4 is 5.32 Å². The molecule has 1 aromatic heterocycles. The summed E-state index contributed by atoms with van der Waals surface area (Å²) >= 11 is 0. The van der Waals surface area contributed by atoms with Crippen molar-refractivity contribution in [2.24, 2.45) is 0 Å². The Kier molecular flexibility index (Phi) is 4.66. The maximum absolute atomic E-state index is 8.98. The predicted molar refractivity (Wildman–Crippen MR) is 75.4 cm³/mol. The van der Waals surface area contributed by atoms with Gasteiger partial charge in [-0.15, -0.1) is 0 Å². The van der Waals surface area contributed by atoms with Crippen molar-refractivity contribution in [2.45, 2.75) is 25.9 Å². The van der Waals surface area contributed by atoms with Gasteiger partial charge in [-0.25, -0.2) is 4.98 Å². The van der Waals surface area contributed by atoms with Crippen LogP contribution in [0.5, 0.6) is 0 Å². The molecule has 0 aliphatic heterocycles. The number of hydrogen-bond donors (Lipinski definition) is 1. The summed E-state index contributed by atoms with van der Waals surface area (Å²) in [6.45, 7) is 2.82. The molecule has 1 heterocycles. The third kappa shape index (κ3) is 3.90. The molecule has 1 aromatic carbocycles. The Morgan fingerprint density at radius 1 is 1.21 bits per heavy atom. The Hall–Kier alpha value is -2.18. The van der Waals surface area contributed by atoms with Crippen LogP contribution in [0.3, 0.4) is 0 Å². The Labute approximate surface area is 113 Å². The van der Waals surface area contributed by atoms with E-state index < -0.39 is 0 Å². The molecule has 96 valence electrons. The fraction of sp³-hybridized carbons (Fsp3) is 0.250. The van der Waals surface area contributed by atoms with Crippen molar-refractivity contribution >= 4 is 0 Å². The van der Waals surface area contributed by atoms with Gasteiger partial charge >= 0.3 is 0 Å². The zero-order valence-electron chi connectivity index (χ0n) is 11.0. The van der Waals surface area contributed by atoms with E-state index in [2.05, 4.69) is 47.6 Å². The molecule has 19 heavy (non-hydrogen) atoms. The molecule has 0 fully saturated rings. The van der Waals surface area contributed by atoms with Crippen LogP contribution in [-0.2, 0) is 13.0 Å². The molecule has 0 amide bonds. The van der Waals surface area contributed by atoms with Gasteiger partial charge in [-0.2, -0.15) is 5.26 Å². The lowest BCUT2D eigenvalue weighted by Crippen LogP contribution is -2.27. The molecule has 1 atom stereocenters. The number of rotatable bonds is 5. The minimum Gasteiger partial charge on any atom is -0.310 e. The van der Waals surface area contributed by atoms with Crippen molar-refractivity contribution < 1.29 is 0 Å². The predicted octanol–water partition coefficient (Wildman–Crippen LogP) is 2.67. The lowest BCUT2D eigenvalue weighted by atomic mass is 10.1. The van der Waals surface area contributed by atoms with Crippen molar-refractivity contribution in [3.05, 3.63) is 65.5 Å². The monoisotopic (exact) mass is 251 g/mol. The molecule has 0 aliphatic rings. The smallest absolute Gasteiger partial charge is 0.144 e. The lowest BCUT2D eigenvalue weighted by Gasteiger charge is -2.14. The summed E-state index contributed by atoms with van der Waals surface area (Å²) < 4.78 is 0. The number of aromatic nitrogens is 1. The average molecular weight is 251 g/mol. The van der Waals surface area contributed by atoms with Gasteiger partial charge in [0.05, 0.1) is 0 Å². The number of nitrogens with zero attached hydrogens (tertiary/aromatic N) is 2. The van der Waals surface area contributed by atoms with Crippen molar-refractivity contribution in [2.75, 3.05) is 0 Å². The van der Waals surface area contributed by atoms with Gasteiger partial charge in [-0.1, -0.05) is 36.4 Å². The zero-order valence-corrected chi connectivity index (χ0v) is 11.0. The fourth-order valence-corrected chi connectivity index (χ4v) is 2.01. The summed E-state index contributed by atoms with van der Waals surface area (Å²) in [6, 6.07) is 16.7. The average Bonchev–Trinajstić information content (AvgIpc) is 2.46. The van der Waals surface area contributed by atoms with E-state index in [0.29, 0.717) is 18.3 Å². The largest absolute Gasteiger partial charge is 0.310 e. The Balaban J connectivity index is 1.90. The van der Waals surface area contributed by atoms with Gasteiger partial charge in [0.25, 0.3) is 0 Å². The van der Waals surface area contributed by atoms with Crippen LogP contribution in [0.1, 0.15) is 23.7 Å². The van der Waals surface area contributed by atoms with E-state index in [1.165, 1.54) is 5.56 Å². The summed E-state index contributed by atoms with van der Waals surface area (Å²) in [4.78, 5) is 4.06. The number of nitriles is 1. The summed E-state index contributed by atoms with van der Waals surface area (Å²) in [6.07, 6.45) is 2.62. The van der Waals surface area contributed by atoms with Crippen LogP contribution in [0.15, 0.2) is 48.7 Å². The standard InChI is InChI=1S/C16H17N3/c1-13(10-14-6-3-2-4-7-14)19-12-15-8-5-9-18-16(15)11-17/h2-9,13,19H,10,12H2,1H3. The van der Waals surface area contributed by atoms with Crippen molar-refractivity contribution in [1.29, 1.82) is 5.26 Å². The molecular formula is C16H17N3. The van der Waals surface area contributed by atoms with Crippen LogP contribution in [0.25, 0.3) is 0 Å². The Morgan fingerprint density at radius 3 is 2.74 bits per heavy atom. The second-order valence-electron chi connectivity index (χ2n) is 4.59. The van der Waals surface area contributed by atoms with Crippen LogP contribution in [0.4, 0.5) is 0 Å². The second kappa shape index (κ2) is 6.67. The summed E-state index contributed by atoms with van der Waals surface area (Å²) in [7, 11) is 0. The van der Waals surface area contributed by atoms with E-state index in [1.54, 1.807) is 6.20 Å². The van der Waals surface area contributed by atoms with E-state index in [4.69, 9.17) is 5.26 Å². The Bertz CT molecular complexity index is 558. The highest BCUT2D eigenvalue weighted by Gasteiger charge is 2.06. The molecule has 0 saturated heterocycles. The highest BCUT2D eigenvalue weighted by molar-refractivity contribution is 5.30. The molecule has 0 bridgehead atoms. The van der Waals surface area contributed by atoms with Crippen LogP contribution in [0, 0.1) is 11.3 Å². The normalized spacial score (nSPS) is 11.8. The molecule has 1 unspecified atom stereocenters. The van der Waals surface area contributed by atoms with E-state index in [0.717, 1.165) is 12.0 Å². The highest BCUT2D eigenvalue weighted by atomic mass is 14.9. The molecular weight excluding hydrogens is 234 g/mol. The topological polar surface area (TPSA) is 48.7 Å². The molecule has 0 spiro atoms. The first-order valence-corrected chi connectivity index (χ1v) is 6.41. The number of pyridine rings is 1. The molecule has 2 rings (SSSR count). The molecule has 2 aromatic rings. The minimum absolute atomic E-state index is 0.356. The van der Waals surface area contributed by atoms with Gasteiger partial charge in [-0.3, -0.25) is 0 Å². The van der Waals surface area contributed by atoms with Crippen LogP contribution in [0.2, 0.25) is 0 Å². The zero-order chi connectivity index (χ0) is 13.5. The van der Waals surface area contributed by atoms with Gasteiger partial charge in [0, 0.05) is 24.3 Å². The lowest BCUT2D eigenvalue weighted by molar-refractivity contribution is 0.544. The second-order valence-corrected chi connectivity index (χ2v) is 4.59. The van der Waals surface area contributed by atoms with Gasteiger partial charge in [0.15, 0.2) is 0 Å². The maximum atomic E-state index is 8.98. The van der Waals surface area contributed by atoms with Crippen molar-refractivity contribution in [3.8, 4) is 6.07 Å². The van der Waals surface area contributed by atoms with Gasteiger partial charge < -0.3 is 5.32 Å². The van der Waals surface area contributed by atoms with Crippen LogP contribution in [-0.4, -0.2) is 11.0 Å². The quantitative estimate of drug-likeness (QED) is 0.888. The number of hydrogen-bond acceptors (Lipinski definition) is 3. The van der Waals surface area contributed by atoms with Crippen molar-refractivity contribution in [1.82, 2.24) is 10.3 Å². The third-order valence-electron chi connectivity index (χ3n) is 3.02. The molecule has 1 N–H and O–H groups in total. The van der Waals surface area contributed by atoms with Crippen molar-refractivity contribution in [3.63, 3.8) is 0 Å². The highest BCUT2D eigenvalue weighted by Crippen LogP contribution is 2.06. The van der Waals surface area contributed by atoms with Gasteiger partial charge in [0.2, 0.25) is 0 Å². The van der Waals surface area contributed by atoms with E-state index >= 15 is 0 Å². The molecule has 3 nitrogen and oxygen atoms in total. The molecule has 0 radical (unpaired) electrons. The minimum atomic E-state index is 0.356. The first-order chi connectivity index (χ1) is 9.29. The first kappa shape index (κ1) is 13.3. The summed E-state index contributed by atoms with van der Waals surface area (Å²) in [5.74, 6) is 0. The van der Waals surface area contributed by atoms with Crippen LogP contribution >= 0.6 is 0 Å². The third-order valence-corrected chi connectivity index (χ3v) is 3.02. The fourth-order valence-electron chi connectivity index (χ4n) is 2.01. The SMILES string of the molecule is CC(Cc1ccccc1)NCc1cccnc1C#N. The van der Waals surface area contributed by atoms with E-state index in [9.17, 15) is 0 Å². The Morgan fingerprint density at radius 2 is 2.00 bits per heavy atom. The van der Waals surface area contributed by atoms with E-state index in [1.807, 2.05) is 18.2 Å². The van der Waals surface area contributed by atoms with Gasteiger partial charge in [0.1, 0.15) is 11.8 Å². The maximum Gasteiger partial charge on any atom is 0.144 e.